The molecule has 0 aromatic heterocycles. The third-order valence-corrected chi connectivity index (χ3v) is 6.19. The second-order valence-corrected chi connectivity index (χ2v) is 8.25. The number of hydrogen-bond acceptors (Lipinski definition) is 4. The van der Waals surface area contributed by atoms with Crippen LogP contribution in [0.4, 0.5) is 0 Å². The second kappa shape index (κ2) is 9.82. The van der Waals surface area contributed by atoms with Crippen LogP contribution in [-0.4, -0.2) is 11.9 Å². The van der Waals surface area contributed by atoms with Gasteiger partial charge < -0.3 is 9.47 Å². The van der Waals surface area contributed by atoms with Crippen LogP contribution >= 0.6 is 0 Å². The van der Waals surface area contributed by atoms with E-state index >= 15 is 0 Å². The van der Waals surface area contributed by atoms with Crippen molar-refractivity contribution < 1.29 is 19.1 Å². The summed E-state index contributed by atoms with van der Waals surface area (Å²) in [5.41, 5.74) is 3.84. The van der Waals surface area contributed by atoms with Crippen molar-refractivity contribution in [2.45, 2.75) is 51.9 Å². The second-order valence-electron chi connectivity index (χ2n) is 8.25. The van der Waals surface area contributed by atoms with Gasteiger partial charge in [0.05, 0.1) is 11.1 Å². The molecule has 4 rings (SSSR count). The lowest BCUT2D eigenvalue weighted by Gasteiger charge is -2.22. The summed E-state index contributed by atoms with van der Waals surface area (Å²) >= 11 is 0. The van der Waals surface area contributed by atoms with E-state index in [9.17, 15) is 9.59 Å². The van der Waals surface area contributed by atoms with Crippen LogP contribution in [0.25, 0.3) is 0 Å². The van der Waals surface area contributed by atoms with Gasteiger partial charge in [-0.1, -0.05) is 62.2 Å². The van der Waals surface area contributed by atoms with E-state index in [1.807, 2.05) is 26.0 Å². The van der Waals surface area contributed by atoms with Crippen molar-refractivity contribution in [3.05, 3.63) is 94.5 Å². The quantitative estimate of drug-likeness (QED) is 0.326. The zero-order valence-electron chi connectivity index (χ0n) is 18.6. The van der Waals surface area contributed by atoms with Gasteiger partial charge in [-0.25, -0.2) is 9.59 Å². The largest absolute Gasteiger partial charge is 0.419 e. The van der Waals surface area contributed by atoms with Crippen LogP contribution in [0.1, 0.15) is 75.9 Å². The molecule has 0 heterocycles. The minimum Gasteiger partial charge on any atom is -0.419 e. The molecule has 0 unspecified atom stereocenters. The SMILES string of the molecule is CCc1cc(C2CCCC2)c(C)c(OC(=O)c2ccccc2)c1OC(=O)c1ccccc1. The van der Waals surface area contributed by atoms with Gasteiger partial charge in [0.1, 0.15) is 0 Å². The molecule has 1 aliphatic rings. The maximum atomic E-state index is 12.9. The van der Waals surface area contributed by atoms with Crippen LogP contribution in [0.2, 0.25) is 0 Å². The molecule has 0 radical (unpaired) electrons. The number of aryl methyl sites for hydroxylation is 1. The average molecular weight is 429 g/mol. The minimum atomic E-state index is -0.467. The van der Waals surface area contributed by atoms with Gasteiger partial charge in [-0.15, -0.1) is 0 Å². The Bertz CT molecular complexity index is 1100. The molecule has 32 heavy (non-hydrogen) atoms. The van der Waals surface area contributed by atoms with E-state index in [1.54, 1.807) is 48.5 Å². The van der Waals surface area contributed by atoms with Gasteiger partial charge in [0.15, 0.2) is 11.5 Å². The van der Waals surface area contributed by atoms with E-state index in [0.717, 1.165) is 24.0 Å². The number of carbonyl (C=O) groups is 2. The Labute approximate surface area is 189 Å². The third-order valence-electron chi connectivity index (χ3n) is 6.19. The molecule has 0 spiro atoms. The maximum Gasteiger partial charge on any atom is 0.343 e. The van der Waals surface area contributed by atoms with Crippen LogP contribution in [0.5, 0.6) is 11.5 Å². The van der Waals surface area contributed by atoms with E-state index in [1.165, 1.54) is 18.4 Å². The van der Waals surface area contributed by atoms with Crippen molar-refractivity contribution in [2.24, 2.45) is 0 Å². The zero-order chi connectivity index (χ0) is 22.5. The summed E-state index contributed by atoms with van der Waals surface area (Å²) in [7, 11) is 0. The number of ether oxygens (including phenoxy) is 2. The lowest BCUT2D eigenvalue weighted by molar-refractivity contribution is 0.0680. The maximum absolute atomic E-state index is 12.9. The third kappa shape index (κ3) is 4.59. The van der Waals surface area contributed by atoms with Crippen LogP contribution in [0.3, 0.4) is 0 Å². The van der Waals surface area contributed by atoms with E-state index in [0.29, 0.717) is 35.0 Å². The van der Waals surface area contributed by atoms with Crippen LogP contribution in [0, 0.1) is 6.92 Å². The van der Waals surface area contributed by atoms with Crippen LogP contribution < -0.4 is 9.47 Å². The standard InChI is InChI=1S/C28H28O4/c1-3-20-18-24(21-12-10-11-13-21)19(2)25(31-27(29)22-14-6-4-7-15-22)26(20)32-28(30)23-16-8-5-9-17-23/h4-9,14-18,21H,3,10-13H2,1-2H3. The highest BCUT2D eigenvalue weighted by Crippen LogP contribution is 2.44. The molecule has 1 fully saturated rings. The predicted octanol–water partition coefficient (Wildman–Crippen LogP) is 6.65. The van der Waals surface area contributed by atoms with Gasteiger partial charge in [-0.05, 0) is 73.1 Å². The molecule has 0 aliphatic heterocycles. The molecule has 1 aliphatic carbocycles. The molecular weight excluding hydrogens is 400 g/mol. The number of rotatable bonds is 6. The predicted molar refractivity (Wildman–Crippen MR) is 125 cm³/mol. The molecule has 0 bridgehead atoms. The fourth-order valence-corrected chi connectivity index (χ4v) is 4.42. The van der Waals surface area contributed by atoms with Crippen molar-refractivity contribution in [3.63, 3.8) is 0 Å². The molecule has 0 atom stereocenters. The summed E-state index contributed by atoms with van der Waals surface area (Å²) in [6, 6.07) is 19.9. The summed E-state index contributed by atoms with van der Waals surface area (Å²) in [5.74, 6) is 0.198. The Morgan fingerprint density at radius 3 is 1.81 bits per heavy atom. The normalized spacial score (nSPS) is 13.7. The molecule has 0 saturated heterocycles. The number of esters is 2. The fraction of sp³-hybridized carbons (Fsp3) is 0.286. The van der Waals surface area contributed by atoms with Crippen molar-refractivity contribution in [2.75, 3.05) is 0 Å². The number of carbonyl (C=O) groups excluding carboxylic acids is 2. The summed E-state index contributed by atoms with van der Waals surface area (Å²) in [5, 5.41) is 0. The van der Waals surface area contributed by atoms with Crippen molar-refractivity contribution >= 4 is 11.9 Å². The van der Waals surface area contributed by atoms with E-state index < -0.39 is 11.9 Å². The summed E-state index contributed by atoms with van der Waals surface area (Å²) in [6.45, 7) is 3.98. The summed E-state index contributed by atoms with van der Waals surface area (Å²) < 4.78 is 11.8. The van der Waals surface area contributed by atoms with Crippen molar-refractivity contribution in [3.8, 4) is 11.5 Å². The Morgan fingerprint density at radius 1 is 0.812 bits per heavy atom. The molecule has 3 aromatic rings. The lowest BCUT2D eigenvalue weighted by atomic mass is 9.90. The molecule has 4 heteroatoms. The van der Waals surface area contributed by atoms with Gasteiger partial charge in [-0.3, -0.25) is 0 Å². The Hall–Kier alpha value is -3.40. The molecule has 3 aromatic carbocycles. The zero-order valence-corrected chi connectivity index (χ0v) is 18.6. The number of hydrogen-bond donors (Lipinski definition) is 0. The highest BCUT2D eigenvalue weighted by atomic mass is 16.6. The van der Waals surface area contributed by atoms with Crippen LogP contribution in [-0.2, 0) is 6.42 Å². The molecular formula is C28H28O4. The molecule has 4 nitrogen and oxygen atoms in total. The van der Waals surface area contributed by atoms with E-state index in [-0.39, 0.29) is 0 Å². The van der Waals surface area contributed by atoms with Crippen molar-refractivity contribution in [1.29, 1.82) is 0 Å². The van der Waals surface area contributed by atoms with E-state index in [4.69, 9.17) is 9.47 Å². The minimum absolute atomic E-state index is 0.338. The van der Waals surface area contributed by atoms with Gasteiger partial charge in [-0.2, -0.15) is 0 Å². The van der Waals surface area contributed by atoms with E-state index in [2.05, 4.69) is 6.07 Å². The Balaban J connectivity index is 1.78. The fourth-order valence-electron chi connectivity index (χ4n) is 4.42. The highest BCUT2D eigenvalue weighted by Gasteiger charge is 2.27. The molecule has 0 amide bonds. The van der Waals surface area contributed by atoms with Gasteiger partial charge >= 0.3 is 11.9 Å². The average Bonchev–Trinajstić information content (AvgIpc) is 3.37. The monoisotopic (exact) mass is 428 g/mol. The first-order valence-corrected chi connectivity index (χ1v) is 11.3. The topological polar surface area (TPSA) is 52.6 Å². The first kappa shape index (κ1) is 21.8. The van der Waals surface area contributed by atoms with Gasteiger partial charge in [0.25, 0.3) is 0 Å². The summed E-state index contributed by atoms with van der Waals surface area (Å²) in [6.07, 6.45) is 5.32. The first-order chi connectivity index (χ1) is 15.6. The van der Waals surface area contributed by atoms with Gasteiger partial charge in [0, 0.05) is 0 Å². The van der Waals surface area contributed by atoms with Crippen molar-refractivity contribution in [1.82, 2.24) is 0 Å². The Morgan fingerprint density at radius 2 is 1.31 bits per heavy atom. The lowest BCUT2D eigenvalue weighted by Crippen LogP contribution is -2.16. The number of benzene rings is 3. The Kier molecular flexibility index (Phi) is 6.69. The molecule has 0 N–H and O–H groups in total. The van der Waals surface area contributed by atoms with Gasteiger partial charge in [0.2, 0.25) is 0 Å². The highest BCUT2D eigenvalue weighted by molar-refractivity contribution is 5.93. The molecule has 164 valence electrons. The smallest absolute Gasteiger partial charge is 0.343 e. The molecule has 1 saturated carbocycles. The first-order valence-electron chi connectivity index (χ1n) is 11.3. The summed E-state index contributed by atoms with van der Waals surface area (Å²) in [4.78, 5) is 25.8. The van der Waals surface area contributed by atoms with Crippen LogP contribution in [0.15, 0.2) is 66.7 Å².